The summed E-state index contributed by atoms with van der Waals surface area (Å²) in [7, 11) is 3.54. The van der Waals surface area contributed by atoms with E-state index in [0.717, 1.165) is 31.4 Å². The zero-order valence-electron chi connectivity index (χ0n) is 25.3. The van der Waals surface area contributed by atoms with Crippen molar-refractivity contribution in [3.8, 4) is 22.6 Å². The van der Waals surface area contributed by atoms with Crippen LogP contribution < -0.4 is 9.80 Å². The number of ether oxygens (including phenoxy) is 1. The van der Waals surface area contributed by atoms with Crippen molar-refractivity contribution in [2.24, 2.45) is 5.41 Å². The molecule has 244 valence electrons. The van der Waals surface area contributed by atoms with Crippen molar-refractivity contribution in [2.75, 3.05) is 50.2 Å². The number of methoxy groups -OCH3 is 1. The molecule has 0 unspecified atom stereocenters. The predicted octanol–water partition coefficient (Wildman–Crippen LogP) is 6.49. The van der Waals surface area contributed by atoms with Crippen LogP contribution in [0.4, 0.5) is 33.5 Å². The summed E-state index contributed by atoms with van der Waals surface area (Å²) in [4.78, 5) is 32.1. The van der Waals surface area contributed by atoms with Gasteiger partial charge in [0, 0.05) is 69.4 Å². The summed E-state index contributed by atoms with van der Waals surface area (Å²) in [5.74, 6) is -1.52. The number of anilines is 2. The Morgan fingerprint density at radius 2 is 1.83 bits per heavy atom. The van der Waals surface area contributed by atoms with Crippen LogP contribution in [0.15, 0.2) is 42.6 Å². The van der Waals surface area contributed by atoms with Crippen LogP contribution >= 0.6 is 0 Å². The standard InChI is InChI=1S/C32H33F5N6O3/c1-42(17-30(18-46-2)6-3-7-30)24-15-23(20-12-21(32(35,36)37)14-22(33)13-20)39-28-26(24)40-27(41-28)19-4-5-25(38-16-19)43-10-8-31(34,9-11-43)29(44)45/h4-5,12-16H,3,6-11,17-18H2,1-2H3,(H,44,45)(H,39,40,41). The van der Waals surface area contributed by atoms with Crippen molar-refractivity contribution >= 4 is 28.6 Å². The zero-order chi connectivity index (χ0) is 32.9. The molecule has 9 nitrogen and oxygen atoms in total. The van der Waals surface area contributed by atoms with Gasteiger partial charge in [-0.15, -0.1) is 0 Å². The Bertz CT molecular complexity index is 1750. The Balaban J connectivity index is 1.36. The molecule has 3 aromatic heterocycles. The summed E-state index contributed by atoms with van der Waals surface area (Å²) in [6.07, 6.45) is -0.456. The number of carbonyl (C=O) groups is 1. The van der Waals surface area contributed by atoms with Crippen LogP contribution in [0, 0.1) is 11.2 Å². The second-order valence-corrected chi connectivity index (χ2v) is 12.3. The molecule has 0 radical (unpaired) electrons. The van der Waals surface area contributed by atoms with E-state index in [-0.39, 0.29) is 48.3 Å². The number of benzene rings is 1. The molecule has 2 aliphatic rings. The average molecular weight is 645 g/mol. The summed E-state index contributed by atoms with van der Waals surface area (Å²) in [6, 6.07) is 7.48. The Labute approximate surface area is 261 Å². The van der Waals surface area contributed by atoms with E-state index >= 15 is 0 Å². The minimum Gasteiger partial charge on any atom is -0.479 e. The number of imidazole rings is 1. The first-order chi connectivity index (χ1) is 21.8. The van der Waals surface area contributed by atoms with E-state index in [9.17, 15) is 26.7 Å². The molecule has 6 rings (SSSR count). The van der Waals surface area contributed by atoms with E-state index in [2.05, 4.69) is 19.9 Å². The number of fused-ring (bicyclic) bond motifs is 1. The lowest BCUT2D eigenvalue weighted by molar-refractivity contribution is -0.152. The molecule has 14 heteroatoms. The number of halogens is 5. The van der Waals surface area contributed by atoms with Gasteiger partial charge < -0.3 is 24.6 Å². The maximum Gasteiger partial charge on any atom is 0.416 e. The van der Waals surface area contributed by atoms with Crippen LogP contribution in [-0.2, 0) is 15.7 Å². The van der Waals surface area contributed by atoms with Gasteiger partial charge in [-0.2, -0.15) is 13.2 Å². The first-order valence-electron chi connectivity index (χ1n) is 14.9. The molecule has 1 aliphatic carbocycles. The number of aliphatic carboxylic acids is 1. The van der Waals surface area contributed by atoms with Crippen molar-refractivity contribution in [1.82, 2.24) is 19.9 Å². The van der Waals surface area contributed by atoms with Crippen molar-refractivity contribution in [3.05, 3.63) is 54.0 Å². The maximum atomic E-state index is 14.5. The lowest BCUT2D eigenvalue weighted by Gasteiger charge is -2.44. The third-order valence-electron chi connectivity index (χ3n) is 9.09. The van der Waals surface area contributed by atoms with Gasteiger partial charge in [0.1, 0.15) is 23.0 Å². The van der Waals surface area contributed by atoms with Crippen LogP contribution in [0.2, 0.25) is 0 Å². The number of nitrogens with one attached hydrogen (secondary N) is 1. The van der Waals surface area contributed by atoms with Crippen molar-refractivity contribution in [2.45, 2.75) is 43.9 Å². The van der Waals surface area contributed by atoms with Gasteiger partial charge in [-0.3, -0.25) is 0 Å². The number of piperidine rings is 1. The first-order valence-corrected chi connectivity index (χ1v) is 14.9. The Morgan fingerprint density at radius 1 is 1.09 bits per heavy atom. The quantitative estimate of drug-likeness (QED) is 0.199. The molecule has 4 aromatic rings. The van der Waals surface area contributed by atoms with Gasteiger partial charge in [0.05, 0.1) is 23.6 Å². The van der Waals surface area contributed by atoms with Gasteiger partial charge in [-0.05, 0) is 49.2 Å². The Hall–Kier alpha value is -4.33. The molecule has 0 bridgehead atoms. The van der Waals surface area contributed by atoms with E-state index in [0.29, 0.717) is 47.6 Å². The second kappa shape index (κ2) is 11.8. The maximum absolute atomic E-state index is 14.5. The van der Waals surface area contributed by atoms with E-state index in [1.54, 1.807) is 31.5 Å². The normalized spacial score (nSPS) is 17.6. The highest BCUT2D eigenvalue weighted by Crippen LogP contribution is 2.43. The van der Waals surface area contributed by atoms with E-state index < -0.39 is 29.2 Å². The number of rotatable bonds is 9. The van der Waals surface area contributed by atoms with Gasteiger partial charge in [-0.1, -0.05) is 6.42 Å². The van der Waals surface area contributed by atoms with Crippen LogP contribution in [0.25, 0.3) is 33.8 Å². The van der Waals surface area contributed by atoms with Gasteiger partial charge in [-0.25, -0.2) is 28.5 Å². The molecule has 1 aromatic carbocycles. The third-order valence-corrected chi connectivity index (χ3v) is 9.09. The highest BCUT2D eigenvalue weighted by atomic mass is 19.4. The molecular formula is C32H33F5N6O3. The second-order valence-electron chi connectivity index (χ2n) is 12.3. The molecule has 0 amide bonds. The number of carboxylic acid groups (broad SMARTS) is 1. The molecule has 4 heterocycles. The predicted molar refractivity (Wildman–Crippen MR) is 162 cm³/mol. The fourth-order valence-electron chi connectivity index (χ4n) is 6.40. The molecule has 1 saturated carbocycles. The topological polar surface area (TPSA) is 107 Å². The Kier molecular flexibility index (Phi) is 8.11. The molecule has 2 fully saturated rings. The number of nitrogens with zero attached hydrogens (tertiary/aromatic N) is 5. The lowest BCUT2D eigenvalue weighted by atomic mass is 9.69. The highest BCUT2D eigenvalue weighted by Gasteiger charge is 2.42. The van der Waals surface area contributed by atoms with E-state index in [1.165, 1.54) is 0 Å². The van der Waals surface area contributed by atoms with Gasteiger partial charge in [0.25, 0.3) is 0 Å². The molecule has 46 heavy (non-hydrogen) atoms. The highest BCUT2D eigenvalue weighted by molar-refractivity contribution is 5.91. The summed E-state index contributed by atoms with van der Waals surface area (Å²) in [6.45, 7) is 1.56. The summed E-state index contributed by atoms with van der Waals surface area (Å²) < 4.78 is 75.1. The van der Waals surface area contributed by atoms with Crippen molar-refractivity contribution in [3.63, 3.8) is 0 Å². The van der Waals surface area contributed by atoms with E-state index in [4.69, 9.17) is 9.84 Å². The molecule has 1 aliphatic heterocycles. The SMILES string of the molecule is COCC1(CN(C)c2cc(-c3cc(F)cc(C(F)(F)F)c3)nc3nc(-c4ccc(N5CCC(F)(C(=O)O)CC5)nc4)[nH]c23)CCC1. The lowest BCUT2D eigenvalue weighted by Crippen LogP contribution is -2.46. The minimum absolute atomic E-state index is 0.0311. The number of carboxylic acids is 1. The van der Waals surface area contributed by atoms with Crippen LogP contribution in [0.1, 0.15) is 37.7 Å². The number of aromatic nitrogens is 4. The van der Waals surface area contributed by atoms with Crippen LogP contribution in [0.3, 0.4) is 0 Å². The summed E-state index contributed by atoms with van der Waals surface area (Å²) >= 11 is 0. The van der Waals surface area contributed by atoms with Crippen molar-refractivity contribution in [1.29, 1.82) is 0 Å². The number of pyridine rings is 2. The minimum atomic E-state index is -4.74. The molecule has 0 spiro atoms. The largest absolute Gasteiger partial charge is 0.479 e. The van der Waals surface area contributed by atoms with E-state index in [1.807, 2.05) is 16.8 Å². The van der Waals surface area contributed by atoms with Crippen molar-refractivity contribution < 1.29 is 36.6 Å². The van der Waals surface area contributed by atoms with Gasteiger partial charge in [0.2, 0.25) is 5.67 Å². The number of alkyl halides is 4. The smallest absolute Gasteiger partial charge is 0.416 e. The van der Waals surface area contributed by atoms with Crippen LogP contribution in [-0.4, -0.2) is 77.1 Å². The average Bonchev–Trinajstić information content (AvgIpc) is 3.43. The van der Waals surface area contributed by atoms with Gasteiger partial charge >= 0.3 is 12.1 Å². The molecular weight excluding hydrogens is 611 g/mol. The first kappa shape index (κ1) is 31.6. The third kappa shape index (κ3) is 6.09. The number of hydrogen-bond donors (Lipinski definition) is 2. The molecule has 2 N–H and O–H groups in total. The monoisotopic (exact) mass is 644 g/mol. The zero-order valence-corrected chi connectivity index (χ0v) is 25.3. The fourth-order valence-corrected chi connectivity index (χ4v) is 6.40. The number of H-pyrrole nitrogens is 1. The van der Waals surface area contributed by atoms with Gasteiger partial charge in [0.15, 0.2) is 5.65 Å². The summed E-state index contributed by atoms with van der Waals surface area (Å²) in [5, 5.41) is 9.17. The van der Waals surface area contributed by atoms with Crippen LogP contribution in [0.5, 0.6) is 0 Å². The Morgan fingerprint density at radius 3 is 2.41 bits per heavy atom. The number of hydrogen-bond acceptors (Lipinski definition) is 7. The molecule has 0 atom stereocenters. The number of aromatic amines is 1. The molecule has 1 saturated heterocycles. The summed E-state index contributed by atoms with van der Waals surface area (Å²) in [5.41, 5.74) is -1.33. The fraction of sp³-hybridized carbons (Fsp3) is 0.438.